The van der Waals surface area contributed by atoms with E-state index in [0.29, 0.717) is 5.41 Å². The molecule has 0 aliphatic heterocycles. The zero-order chi connectivity index (χ0) is 9.76. The molecule has 0 unspecified atom stereocenters. The van der Waals surface area contributed by atoms with Crippen LogP contribution in [0.15, 0.2) is 29.3 Å². The van der Waals surface area contributed by atoms with Crippen molar-refractivity contribution in [3.05, 3.63) is 40.4 Å². The van der Waals surface area contributed by atoms with Crippen LogP contribution in [0.3, 0.4) is 0 Å². The van der Waals surface area contributed by atoms with Gasteiger partial charge in [0.05, 0.1) is 0 Å². The van der Waals surface area contributed by atoms with Crippen LogP contribution >= 0.6 is 15.9 Å². The van der Waals surface area contributed by atoms with E-state index < -0.39 is 0 Å². The Balaban J connectivity index is 2.19. The summed E-state index contributed by atoms with van der Waals surface area (Å²) in [7, 11) is 0. The van der Waals surface area contributed by atoms with E-state index in [1.807, 2.05) is 0 Å². The van der Waals surface area contributed by atoms with Gasteiger partial charge < -0.3 is 0 Å². The van der Waals surface area contributed by atoms with Gasteiger partial charge in [0.25, 0.3) is 0 Å². The lowest BCUT2D eigenvalue weighted by atomic mass is 9.65. The molecule has 14 heavy (non-hydrogen) atoms. The maximum absolute atomic E-state index is 4.19. The van der Waals surface area contributed by atoms with E-state index in [1.54, 1.807) is 5.56 Å². The lowest BCUT2D eigenvalue weighted by molar-refractivity contribution is 0.259. The van der Waals surface area contributed by atoms with E-state index >= 15 is 0 Å². The minimum atomic E-state index is 0.493. The van der Waals surface area contributed by atoms with Gasteiger partial charge in [0.15, 0.2) is 0 Å². The van der Waals surface area contributed by atoms with Crippen molar-refractivity contribution < 1.29 is 0 Å². The minimum absolute atomic E-state index is 0.493. The van der Waals surface area contributed by atoms with Crippen LogP contribution in [0.5, 0.6) is 0 Å². The zero-order valence-corrected chi connectivity index (χ0v) is 9.73. The second-order valence-corrected chi connectivity index (χ2v) is 5.52. The molecule has 1 heteroatoms. The first-order chi connectivity index (χ1) is 6.71. The summed E-state index contributed by atoms with van der Waals surface area (Å²) in [5, 5.41) is 0. The van der Waals surface area contributed by atoms with Crippen LogP contribution in [0.4, 0.5) is 0 Å². The van der Waals surface area contributed by atoms with Crippen LogP contribution in [0, 0.1) is 0 Å². The normalized spacial score (nSPS) is 22.2. The molecule has 1 spiro atoms. The van der Waals surface area contributed by atoms with Gasteiger partial charge in [-0.2, -0.15) is 0 Å². The van der Waals surface area contributed by atoms with Crippen molar-refractivity contribution in [2.75, 3.05) is 0 Å². The fourth-order valence-corrected chi connectivity index (χ4v) is 3.28. The average molecular weight is 249 g/mol. The predicted octanol–water partition coefficient (Wildman–Crippen LogP) is 4.29. The summed E-state index contributed by atoms with van der Waals surface area (Å²) >= 11 is 3.53. The maximum Gasteiger partial charge on any atom is 0.0181 e. The summed E-state index contributed by atoms with van der Waals surface area (Å²) in [6.07, 6.45) is 5.31. The molecule has 0 bridgehead atoms. The van der Waals surface area contributed by atoms with Gasteiger partial charge in [-0.05, 0) is 53.5 Å². The molecule has 1 saturated carbocycles. The highest BCUT2D eigenvalue weighted by atomic mass is 79.9. The van der Waals surface area contributed by atoms with E-state index in [0.717, 1.165) is 0 Å². The summed E-state index contributed by atoms with van der Waals surface area (Å²) in [6, 6.07) is 6.68. The van der Waals surface area contributed by atoms with Crippen molar-refractivity contribution >= 4 is 21.5 Å². The van der Waals surface area contributed by atoms with Gasteiger partial charge in [0, 0.05) is 4.47 Å². The molecule has 0 saturated heterocycles. The van der Waals surface area contributed by atoms with Gasteiger partial charge in [-0.3, -0.25) is 0 Å². The second-order valence-electron chi connectivity index (χ2n) is 4.60. The highest BCUT2D eigenvalue weighted by Gasteiger charge is 2.44. The highest BCUT2D eigenvalue weighted by Crippen LogP contribution is 2.56. The lowest BCUT2D eigenvalue weighted by Crippen LogP contribution is -2.31. The largest absolute Gasteiger partial charge is 0.0952 e. The van der Waals surface area contributed by atoms with Crippen LogP contribution in [0.2, 0.25) is 0 Å². The van der Waals surface area contributed by atoms with Gasteiger partial charge in [0.2, 0.25) is 0 Å². The Bertz CT molecular complexity index is 413. The fraction of sp³-hybridized carbons (Fsp3) is 0.385. The van der Waals surface area contributed by atoms with Gasteiger partial charge in [-0.25, -0.2) is 0 Å². The Morgan fingerprint density at radius 2 is 2.07 bits per heavy atom. The molecular formula is C13H13Br. The average Bonchev–Trinajstić information content (AvgIpc) is 2.39. The summed E-state index contributed by atoms with van der Waals surface area (Å²) < 4.78 is 1.17. The number of rotatable bonds is 0. The van der Waals surface area contributed by atoms with Crippen LogP contribution in [-0.2, 0) is 5.41 Å². The van der Waals surface area contributed by atoms with Crippen molar-refractivity contribution in [1.29, 1.82) is 0 Å². The van der Waals surface area contributed by atoms with Crippen molar-refractivity contribution in [2.45, 2.75) is 31.1 Å². The molecular weight excluding hydrogens is 236 g/mol. The standard InChI is InChI=1S/C13H13Br/c1-9-8-13(5-2-6-13)12-4-3-10(14)7-11(9)12/h3-4,7H,1-2,5-6,8H2. The van der Waals surface area contributed by atoms with Crippen molar-refractivity contribution in [2.24, 2.45) is 0 Å². The van der Waals surface area contributed by atoms with E-state index in [-0.39, 0.29) is 0 Å². The topological polar surface area (TPSA) is 0 Å². The number of halogens is 1. The molecule has 1 aromatic carbocycles. The Hall–Kier alpha value is -0.560. The number of allylic oxidation sites excluding steroid dienone is 1. The molecule has 72 valence electrons. The first-order valence-corrected chi connectivity index (χ1v) is 5.99. The van der Waals surface area contributed by atoms with Gasteiger partial charge in [-0.15, -0.1) is 0 Å². The summed E-state index contributed by atoms with van der Waals surface area (Å²) in [4.78, 5) is 0. The molecule has 0 amide bonds. The van der Waals surface area contributed by atoms with Crippen LogP contribution in [-0.4, -0.2) is 0 Å². The van der Waals surface area contributed by atoms with Gasteiger partial charge >= 0.3 is 0 Å². The minimum Gasteiger partial charge on any atom is -0.0952 e. The molecule has 3 rings (SSSR count). The molecule has 0 aromatic heterocycles. The summed E-state index contributed by atoms with van der Waals surface area (Å²) in [6.45, 7) is 4.19. The molecule has 1 fully saturated rings. The smallest absolute Gasteiger partial charge is 0.0181 e. The molecule has 0 nitrogen and oxygen atoms in total. The monoisotopic (exact) mass is 248 g/mol. The number of benzene rings is 1. The lowest BCUT2D eigenvalue weighted by Gasteiger charge is -2.39. The Morgan fingerprint density at radius 1 is 1.29 bits per heavy atom. The molecule has 0 N–H and O–H groups in total. The molecule has 2 aliphatic carbocycles. The van der Waals surface area contributed by atoms with Crippen molar-refractivity contribution in [3.8, 4) is 0 Å². The highest BCUT2D eigenvalue weighted by molar-refractivity contribution is 9.10. The first kappa shape index (κ1) is 8.72. The third-order valence-corrected chi connectivity index (χ3v) is 4.29. The number of fused-ring (bicyclic) bond motifs is 2. The molecule has 0 radical (unpaired) electrons. The zero-order valence-electron chi connectivity index (χ0n) is 8.15. The van der Waals surface area contributed by atoms with E-state index in [9.17, 15) is 0 Å². The fourth-order valence-electron chi connectivity index (χ4n) is 2.92. The third kappa shape index (κ3) is 0.993. The predicted molar refractivity (Wildman–Crippen MR) is 63.3 cm³/mol. The number of hydrogen-bond donors (Lipinski definition) is 0. The SMILES string of the molecule is C=C1CC2(CCC2)c2ccc(Br)cc21. The molecule has 1 aromatic rings. The van der Waals surface area contributed by atoms with Crippen LogP contribution in [0.1, 0.15) is 36.8 Å². The van der Waals surface area contributed by atoms with Gasteiger partial charge in [0.1, 0.15) is 0 Å². The number of hydrogen-bond acceptors (Lipinski definition) is 0. The van der Waals surface area contributed by atoms with Crippen molar-refractivity contribution in [3.63, 3.8) is 0 Å². The maximum atomic E-state index is 4.19. The Kier molecular flexibility index (Phi) is 1.70. The Morgan fingerprint density at radius 3 is 2.71 bits per heavy atom. The van der Waals surface area contributed by atoms with Crippen molar-refractivity contribution in [1.82, 2.24) is 0 Å². The quantitative estimate of drug-likeness (QED) is 0.643. The molecule has 0 heterocycles. The summed E-state index contributed by atoms with van der Waals surface area (Å²) in [5.74, 6) is 0. The van der Waals surface area contributed by atoms with E-state index in [4.69, 9.17) is 0 Å². The third-order valence-electron chi connectivity index (χ3n) is 3.80. The molecule has 0 atom stereocenters. The van der Waals surface area contributed by atoms with Gasteiger partial charge in [-0.1, -0.05) is 35.0 Å². The molecule has 2 aliphatic rings. The van der Waals surface area contributed by atoms with Crippen LogP contribution < -0.4 is 0 Å². The van der Waals surface area contributed by atoms with Crippen LogP contribution in [0.25, 0.3) is 5.57 Å². The van der Waals surface area contributed by atoms with E-state index in [1.165, 1.54) is 41.3 Å². The summed E-state index contributed by atoms with van der Waals surface area (Å²) in [5.41, 5.74) is 4.78. The van der Waals surface area contributed by atoms with E-state index in [2.05, 4.69) is 40.7 Å². The first-order valence-electron chi connectivity index (χ1n) is 5.19. The second kappa shape index (κ2) is 2.73. The Labute approximate surface area is 93.2 Å².